The monoisotopic (exact) mass is 603 g/mol. The summed E-state index contributed by atoms with van der Waals surface area (Å²) in [6.07, 6.45) is 1.22. The van der Waals surface area contributed by atoms with Crippen LogP contribution in [-0.2, 0) is 26.0 Å². The number of amides is 2. The average molecular weight is 605 g/mol. The Labute approximate surface area is 247 Å². The summed E-state index contributed by atoms with van der Waals surface area (Å²) in [4.78, 5) is 28.5. The van der Waals surface area contributed by atoms with Gasteiger partial charge in [-0.1, -0.05) is 78.2 Å². The van der Waals surface area contributed by atoms with Gasteiger partial charge in [0, 0.05) is 12.6 Å². The standard InChI is InChI=1S/C30H35Cl2N3O4S/c1-5-22(3)33-30(37)23(4)34(18-17-24-9-7-6-8-10-24)29(36)20-35(25-13-16-27(31)28(32)19-25)40(38,39)26-14-11-21(2)12-15-26/h6-16,19,22-23H,5,17-18,20H2,1-4H3,(H,33,37). The number of hydrogen-bond donors (Lipinski definition) is 1. The van der Waals surface area contributed by atoms with Gasteiger partial charge in [0.1, 0.15) is 12.6 Å². The van der Waals surface area contributed by atoms with Gasteiger partial charge in [0.2, 0.25) is 11.8 Å². The lowest BCUT2D eigenvalue weighted by atomic mass is 10.1. The zero-order chi connectivity index (χ0) is 29.4. The van der Waals surface area contributed by atoms with E-state index in [1.807, 2.05) is 51.1 Å². The van der Waals surface area contributed by atoms with Crippen LogP contribution in [0.3, 0.4) is 0 Å². The van der Waals surface area contributed by atoms with Gasteiger partial charge in [-0.05, 0) is 69.5 Å². The zero-order valence-electron chi connectivity index (χ0n) is 23.1. The van der Waals surface area contributed by atoms with Gasteiger partial charge in [0.25, 0.3) is 10.0 Å². The van der Waals surface area contributed by atoms with E-state index in [4.69, 9.17) is 23.2 Å². The fourth-order valence-corrected chi connectivity index (χ4v) is 5.74. The van der Waals surface area contributed by atoms with Crippen molar-refractivity contribution in [3.8, 4) is 0 Å². The first kappa shape index (κ1) is 31.5. The summed E-state index contributed by atoms with van der Waals surface area (Å²) in [5.41, 5.74) is 2.07. The first-order valence-electron chi connectivity index (χ1n) is 13.1. The molecule has 0 aliphatic rings. The van der Waals surface area contributed by atoms with E-state index in [-0.39, 0.29) is 39.1 Å². The molecular formula is C30H35Cl2N3O4S. The number of carbonyl (C=O) groups excluding carboxylic acids is 2. The van der Waals surface area contributed by atoms with E-state index in [2.05, 4.69) is 5.32 Å². The molecule has 0 aromatic heterocycles. The summed E-state index contributed by atoms with van der Waals surface area (Å²) in [6.45, 7) is 7.03. The van der Waals surface area contributed by atoms with Crippen LogP contribution < -0.4 is 9.62 Å². The second-order valence-corrected chi connectivity index (χ2v) is 12.4. The van der Waals surface area contributed by atoms with Crippen molar-refractivity contribution in [2.75, 3.05) is 17.4 Å². The summed E-state index contributed by atoms with van der Waals surface area (Å²) in [5, 5.41) is 3.33. The van der Waals surface area contributed by atoms with Gasteiger partial charge in [-0.3, -0.25) is 13.9 Å². The Bertz CT molecular complexity index is 1420. The van der Waals surface area contributed by atoms with Crippen LogP contribution in [-0.4, -0.2) is 50.3 Å². The molecule has 0 heterocycles. The molecule has 0 aliphatic carbocycles. The van der Waals surface area contributed by atoms with E-state index in [0.29, 0.717) is 6.42 Å². The molecule has 40 heavy (non-hydrogen) atoms. The molecule has 0 saturated carbocycles. The molecule has 7 nitrogen and oxygen atoms in total. The van der Waals surface area contributed by atoms with E-state index in [1.165, 1.54) is 35.2 Å². The van der Waals surface area contributed by atoms with Crippen LogP contribution in [0.25, 0.3) is 0 Å². The Kier molecular flexibility index (Phi) is 11.0. The Balaban J connectivity index is 2.00. The Morgan fingerprint density at radius 1 is 0.925 bits per heavy atom. The zero-order valence-corrected chi connectivity index (χ0v) is 25.4. The number of aryl methyl sites for hydroxylation is 1. The minimum absolute atomic E-state index is 0.0235. The molecule has 214 valence electrons. The maximum atomic E-state index is 13.9. The van der Waals surface area contributed by atoms with Crippen LogP contribution in [0.4, 0.5) is 5.69 Å². The molecule has 0 fully saturated rings. The summed E-state index contributed by atoms with van der Waals surface area (Å²) in [6, 6.07) is 19.5. The van der Waals surface area contributed by atoms with Crippen LogP contribution in [0.2, 0.25) is 10.0 Å². The average Bonchev–Trinajstić information content (AvgIpc) is 2.93. The van der Waals surface area contributed by atoms with Gasteiger partial charge >= 0.3 is 0 Å². The third-order valence-corrected chi connectivity index (χ3v) is 9.26. The van der Waals surface area contributed by atoms with Crippen molar-refractivity contribution in [1.29, 1.82) is 0 Å². The fourth-order valence-electron chi connectivity index (χ4n) is 4.04. The van der Waals surface area contributed by atoms with Crippen molar-refractivity contribution in [1.82, 2.24) is 10.2 Å². The highest BCUT2D eigenvalue weighted by atomic mass is 35.5. The van der Waals surface area contributed by atoms with Gasteiger partial charge in [-0.15, -0.1) is 0 Å². The van der Waals surface area contributed by atoms with Crippen LogP contribution in [0.1, 0.15) is 38.3 Å². The van der Waals surface area contributed by atoms with Crippen molar-refractivity contribution in [3.05, 3.63) is 94.0 Å². The number of sulfonamides is 1. The Morgan fingerprint density at radius 3 is 2.17 bits per heavy atom. The summed E-state index contributed by atoms with van der Waals surface area (Å²) < 4.78 is 28.7. The SMILES string of the molecule is CCC(C)NC(=O)C(C)N(CCc1ccccc1)C(=O)CN(c1ccc(Cl)c(Cl)c1)S(=O)(=O)c1ccc(C)cc1. The molecule has 3 aromatic rings. The highest BCUT2D eigenvalue weighted by Gasteiger charge is 2.32. The number of nitrogens with zero attached hydrogens (tertiary/aromatic N) is 2. The lowest BCUT2D eigenvalue weighted by molar-refractivity contribution is -0.139. The number of rotatable bonds is 12. The molecule has 0 spiro atoms. The van der Waals surface area contributed by atoms with Crippen LogP contribution in [0.15, 0.2) is 77.7 Å². The van der Waals surface area contributed by atoms with Gasteiger partial charge < -0.3 is 10.2 Å². The second-order valence-electron chi connectivity index (χ2n) is 9.74. The normalized spacial score (nSPS) is 12.8. The second kappa shape index (κ2) is 14.0. The minimum atomic E-state index is -4.18. The number of anilines is 1. The van der Waals surface area contributed by atoms with Crippen molar-refractivity contribution < 1.29 is 18.0 Å². The number of benzene rings is 3. The van der Waals surface area contributed by atoms with Crippen molar-refractivity contribution in [3.63, 3.8) is 0 Å². The maximum Gasteiger partial charge on any atom is 0.264 e. The molecule has 0 aliphatic heterocycles. The van der Waals surface area contributed by atoms with E-state index in [9.17, 15) is 18.0 Å². The first-order chi connectivity index (χ1) is 18.9. The van der Waals surface area contributed by atoms with Gasteiger partial charge in [-0.25, -0.2) is 8.42 Å². The van der Waals surface area contributed by atoms with Gasteiger partial charge in [-0.2, -0.15) is 0 Å². The van der Waals surface area contributed by atoms with Crippen LogP contribution >= 0.6 is 23.2 Å². The number of carbonyl (C=O) groups is 2. The molecule has 2 amide bonds. The number of halogens is 2. The lowest BCUT2D eigenvalue weighted by Gasteiger charge is -2.32. The predicted octanol–water partition coefficient (Wildman–Crippen LogP) is 5.87. The van der Waals surface area contributed by atoms with Gasteiger partial charge in [0.15, 0.2) is 0 Å². The predicted molar refractivity (Wildman–Crippen MR) is 161 cm³/mol. The molecule has 2 atom stereocenters. The van der Waals surface area contributed by atoms with Crippen molar-refractivity contribution in [2.24, 2.45) is 0 Å². The minimum Gasteiger partial charge on any atom is -0.352 e. The molecule has 0 radical (unpaired) electrons. The van der Waals surface area contributed by atoms with Crippen molar-refractivity contribution in [2.45, 2.75) is 57.5 Å². The molecular weight excluding hydrogens is 569 g/mol. The van der Waals surface area contributed by atoms with Crippen molar-refractivity contribution >= 4 is 50.7 Å². The first-order valence-corrected chi connectivity index (χ1v) is 15.3. The largest absolute Gasteiger partial charge is 0.352 e. The highest BCUT2D eigenvalue weighted by molar-refractivity contribution is 7.92. The van der Waals surface area contributed by atoms with Gasteiger partial charge in [0.05, 0.1) is 20.6 Å². The van der Waals surface area contributed by atoms with Crippen LogP contribution in [0.5, 0.6) is 0 Å². The third-order valence-electron chi connectivity index (χ3n) is 6.73. The lowest BCUT2D eigenvalue weighted by Crippen LogP contribution is -2.53. The fraction of sp³-hybridized carbons (Fsp3) is 0.333. The molecule has 2 unspecified atom stereocenters. The van der Waals surface area contributed by atoms with E-state index < -0.39 is 28.5 Å². The van der Waals surface area contributed by atoms with E-state index in [1.54, 1.807) is 19.1 Å². The third kappa shape index (κ3) is 7.99. The molecule has 0 bridgehead atoms. The van der Waals surface area contributed by atoms with Crippen LogP contribution in [0, 0.1) is 6.92 Å². The number of nitrogens with one attached hydrogen (secondary N) is 1. The summed E-state index contributed by atoms with van der Waals surface area (Å²) in [7, 11) is -4.18. The molecule has 1 N–H and O–H groups in total. The molecule has 10 heteroatoms. The number of hydrogen-bond acceptors (Lipinski definition) is 4. The quantitative estimate of drug-likeness (QED) is 0.280. The smallest absolute Gasteiger partial charge is 0.264 e. The molecule has 3 rings (SSSR count). The highest BCUT2D eigenvalue weighted by Crippen LogP contribution is 2.31. The summed E-state index contributed by atoms with van der Waals surface area (Å²) in [5.74, 6) is -0.831. The Morgan fingerprint density at radius 2 is 1.57 bits per heavy atom. The molecule has 3 aromatic carbocycles. The topological polar surface area (TPSA) is 86.8 Å². The van der Waals surface area contributed by atoms with E-state index in [0.717, 1.165) is 21.9 Å². The Hall–Kier alpha value is -3.07. The van der Waals surface area contributed by atoms with E-state index >= 15 is 0 Å². The maximum absolute atomic E-state index is 13.9. The summed E-state index contributed by atoms with van der Waals surface area (Å²) >= 11 is 12.3. The molecule has 0 saturated heterocycles.